The van der Waals surface area contributed by atoms with Crippen LogP contribution in [0.3, 0.4) is 0 Å². The van der Waals surface area contributed by atoms with Gasteiger partial charge in [-0.15, -0.1) is 0 Å². The lowest BCUT2D eigenvalue weighted by molar-refractivity contribution is 0.108. The molecule has 0 heterocycles. The summed E-state index contributed by atoms with van der Waals surface area (Å²) >= 11 is 5.49. The van der Waals surface area contributed by atoms with Crippen molar-refractivity contribution in [3.8, 4) is 0 Å². The first-order valence-corrected chi connectivity index (χ1v) is 3.45. The number of carbonyl (C=O) groups excluding carboxylic acids is 1. The minimum Gasteiger partial charge on any atom is -0.307 e. The van der Waals surface area contributed by atoms with Gasteiger partial charge in [-0.25, -0.2) is 4.39 Å². The Bertz CT molecular complexity index is 300. The third-order valence-corrected chi connectivity index (χ3v) is 1.72. The highest BCUT2D eigenvalue weighted by molar-refractivity contribution is 6.63. The molecule has 0 fully saturated rings. The summed E-state index contributed by atoms with van der Waals surface area (Å²) in [7, 11) is 1.35. The highest BCUT2D eigenvalue weighted by Crippen LogP contribution is 2.18. The maximum atomic E-state index is 12.7. The van der Waals surface area contributed by atoms with E-state index < -0.39 is 5.82 Å². The summed E-state index contributed by atoms with van der Waals surface area (Å²) in [6.45, 7) is 0. The maximum Gasteiger partial charge on any atom is 0.193 e. The molecule has 11 heavy (non-hydrogen) atoms. The first kappa shape index (κ1) is 8.27. The molecule has 0 aliphatic heterocycles. The van der Waals surface area contributed by atoms with Crippen LogP contribution in [-0.2, 0) is 0 Å². The van der Waals surface area contributed by atoms with Crippen LogP contribution in [0.4, 0.5) is 4.39 Å². The number of halogens is 2. The number of hydrogen-bond donors (Lipinski definition) is 0. The Balaban J connectivity index is 3.27. The summed E-state index contributed by atoms with van der Waals surface area (Å²) in [5.74, 6) is -0.556. The van der Waals surface area contributed by atoms with Crippen LogP contribution in [0.15, 0.2) is 18.2 Å². The smallest absolute Gasteiger partial charge is 0.193 e. The Hall–Kier alpha value is -0.825. The minimum atomic E-state index is -0.556. The summed E-state index contributed by atoms with van der Waals surface area (Å²) in [5, 5.41) is -0.0972. The molecule has 0 aliphatic rings. The van der Waals surface area contributed by atoms with Crippen LogP contribution >= 0.6 is 11.6 Å². The van der Waals surface area contributed by atoms with Crippen LogP contribution in [0.1, 0.15) is 10.4 Å². The highest BCUT2D eigenvalue weighted by Gasteiger charge is 2.07. The maximum absolute atomic E-state index is 12.7. The Morgan fingerprint density at radius 2 is 2.18 bits per heavy atom. The number of carbonyl (C=O) groups is 1. The lowest BCUT2D eigenvalue weighted by atomic mass is 9.95. The van der Waals surface area contributed by atoms with E-state index in [4.69, 9.17) is 11.6 Å². The van der Waals surface area contributed by atoms with Gasteiger partial charge in [-0.3, -0.25) is 0 Å². The van der Waals surface area contributed by atoms with Crippen molar-refractivity contribution in [2.24, 2.45) is 0 Å². The molecule has 4 heteroatoms. The molecule has 0 amide bonds. The highest BCUT2D eigenvalue weighted by atomic mass is 35.5. The third kappa shape index (κ3) is 1.60. The summed E-state index contributed by atoms with van der Waals surface area (Å²) in [6, 6.07) is 4.17. The summed E-state index contributed by atoms with van der Waals surface area (Å²) in [4.78, 5) is 10.8. The van der Waals surface area contributed by atoms with E-state index in [-0.39, 0.29) is 16.3 Å². The van der Waals surface area contributed by atoms with E-state index in [1.165, 1.54) is 26.0 Å². The standard InChI is InChI=1S/C7H5BClFO/c8-7(11)4-2-1-3-5(10)6(4)9/h1-3H,8H2. The lowest BCUT2D eigenvalue weighted by Gasteiger charge is -1.98. The molecule has 1 nitrogen and oxygen atoms in total. The largest absolute Gasteiger partial charge is 0.307 e. The molecule has 56 valence electrons. The second-order valence-electron chi connectivity index (χ2n) is 2.16. The molecule has 1 rings (SSSR count). The Morgan fingerprint density at radius 1 is 1.55 bits per heavy atom. The van der Waals surface area contributed by atoms with Gasteiger partial charge in [0.1, 0.15) is 11.5 Å². The normalized spacial score (nSPS) is 9.64. The quantitative estimate of drug-likeness (QED) is 0.580. The molecule has 0 aliphatic carbocycles. The molecule has 1 aromatic carbocycles. The van der Waals surface area contributed by atoms with Crippen molar-refractivity contribution in [1.82, 2.24) is 0 Å². The van der Waals surface area contributed by atoms with Crippen molar-refractivity contribution in [1.29, 1.82) is 0 Å². The minimum absolute atomic E-state index is 0.0972. The van der Waals surface area contributed by atoms with Gasteiger partial charge < -0.3 is 4.79 Å². The lowest BCUT2D eigenvalue weighted by Crippen LogP contribution is -1.99. The van der Waals surface area contributed by atoms with Crippen molar-refractivity contribution >= 4 is 25.1 Å². The second kappa shape index (κ2) is 3.05. The van der Waals surface area contributed by atoms with Crippen LogP contribution in [-0.4, -0.2) is 13.5 Å². The van der Waals surface area contributed by atoms with E-state index in [1.54, 1.807) is 0 Å². The van der Waals surface area contributed by atoms with Crippen molar-refractivity contribution in [3.05, 3.63) is 34.6 Å². The fourth-order valence-electron chi connectivity index (χ4n) is 0.776. The van der Waals surface area contributed by atoms with Gasteiger partial charge in [0.2, 0.25) is 0 Å². The number of rotatable bonds is 1. The fourth-order valence-corrected chi connectivity index (χ4v) is 1.03. The predicted molar refractivity (Wildman–Crippen MR) is 44.3 cm³/mol. The fraction of sp³-hybridized carbons (Fsp3) is 0. The first-order valence-electron chi connectivity index (χ1n) is 3.08. The van der Waals surface area contributed by atoms with E-state index in [0.717, 1.165) is 0 Å². The Morgan fingerprint density at radius 3 is 2.64 bits per heavy atom. The number of benzene rings is 1. The van der Waals surface area contributed by atoms with Crippen LogP contribution in [0.2, 0.25) is 5.02 Å². The van der Waals surface area contributed by atoms with Gasteiger partial charge in [0, 0.05) is 5.56 Å². The second-order valence-corrected chi connectivity index (χ2v) is 2.54. The summed E-state index contributed by atoms with van der Waals surface area (Å²) < 4.78 is 12.7. The molecular formula is C7H5BClFO. The molecule has 0 bridgehead atoms. The van der Waals surface area contributed by atoms with E-state index in [1.807, 2.05) is 0 Å². The molecule has 1 aromatic rings. The van der Waals surface area contributed by atoms with Gasteiger partial charge >= 0.3 is 0 Å². The monoisotopic (exact) mass is 170 g/mol. The first-order chi connectivity index (χ1) is 5.13. The van der Waals surface area contributed by atoms with Gasteiger partial charge in [0.25, 0.3) is 0 Å². The van der Waals surface area contributed by atoms with Gasteiger partial charge in [-0.1, -0.05) is 23.7 Å². The average molecular weight is 170 g/mol. The molecular weight excluding hydrogens is 165 g/mol. The summed E-state index contributed by atoms with van der Waals surface area (Å²) in [6.07, 6.45) is 0. The van der Waals surface area contributed by atoms with Crippen molar-refractivity contribution in [2.45, 2.75) is 0 Å². The summed E-state index contributed by atoms with van der Waals surface area (Å²) in [5.41, 5.74) is 0.00108. The molecule has 0 saturated carbocycles. The SMILES string of the molecule is BC(=O)c1cccc(F)c1Cl. The Labute approximate surface area is 69.6 Å². The van der Waals surface area contributed by atoms with Gasteiger partial charge in [0.05, 0.1) is 5.02 Å². The predicted octanol–water partition coefficient (Wildman–Crippen LogP) is 1.25. The van der Waals surface area contributed by atoms with Crippen molar-refractivity contribution < 1.29 is 9.18 Å². The van der Waals surface area contributed by atoms with E-state index in [2.05, 4.69) is 0 Å². The van der Waals surface area contributed by atoms with Crippen molar-refractivity contribution in [2.75, 3.05) is 0 Å². The molecule has 0 saturated heterocycles. The van der Waals surface area contributed by atoms with Gasteiger partial charge in [-0.2, -0.15) is 0 Å². The Kier molecular flexibility index (Phi) is 2.30. The molecule has 0 aromatic heterocycles. The zero-order chi connectivity index (χ0) is 8.43. The average Bonchev–Trinajstić information content (AvgIpc) is 1.94. The van der Waals surface area contributed by atoms with E-state index in [9.17, 15) is 9.18 Å². The third-order valence-electron chi connectivity index (χ3n) is 1.33. The van der Waals surface area contributed by atoms with Crippen molar-refractivity contribution in [3.63, 3.8) is 0 Å². The zero-order valence-electron chi connectivity index (χ0n) is 5.90. The molecule has 0 radical (unpaired) electrons. The van der Waals surface area contributed by atoms with Crippen LogP contribution < -0.4 is 0 Å². The zero-order valence-corrected chi connectivity index (χ0v) is 6.65. The van der Waals surface area contributed by atoms with E-state index in [0.29, 0.717) is 0 Å². The van der Waals surface area contributed by atoms with Gasteiger partial charge in [-0.05, 0) is 6.07 Å². The van der Waals surface area contributed by atoms with Gasteiger partial charge in [0.15, 0.2) is 7.85 Å². The van der Waals surface area contributed by atoms with Crippen LogP contribution in [0, 0.1) is 5.82 Å². The molecule has 0 spiro atoms. The molecule has 0 atom stereocenters. The van der Waals surface area contributed by atoms with Crippen LogP contribution in [0.25, 0.3) is 0 Å². The van der Waals surface area contributed by atoms with E-state index >= 15 is 0 Å². The molecule has 0 unspecified atom stereocenters. The topological polar surface area (TPSA) is 17.1 Å². The van der Waals surface area contributed by atoms with Crippen LogP contribution in [0.5, 0.6) is 0 Å². The molecule has 0 N–H and O–H groups in total. The number of hydrogen-bond acceptors (Lipinski definition) is 1.